The highest BCUT2D eigenvalue weighted by molar-refractivity contribution is 5.73. The van der Waals surface area contributed by atoms with E-state index in [9.17, 15) is 30.0 Å². The van der Waals surface area contributed by atoms with Crippen LogP contribution in [0.2, 0.25) is 0 Å². The fourth-order valence-electron chi connectivity index (χ4n) is 3.58. The highest BCUT2D eigenvalue weighted by Crippen LogP contribution is 2.28. The Kier molecular flexibility index (Phi) is 6.51. The van der Waals surface area contributed by atoms with Gasteiger partial charge in [0.25, 0.3) is 0 Å². The minimum absolute atomic E-state index is 0.263. The zero-order valence-electron chi connectivity index (χ0n) is 15.4. The zero-order chi connectivity index (χ0) is 20.6. The zero-order valence-corrected chi connectivity index (χ0v) is 15.4. The van der Waals surface area contributed by atoms with Crippen molar-refractivity contribution in [2.24, 2.45) is 0 Å². The second-order valence-corrected chi connectivity index (χ2v) is 7.17. The molecule has 3 heterocycles. The average Bonchev–Trinajstić information content (AvgIpc) is 2.63. The largest absolute Gasteiger partial charge is 0.388 e. The molecule has 0 aliphatic carbocycles. The van der Waals surface area contributed by atoms with Crippen LogP contribution in [0, 0.1) is 0 Å². The van der Waals surface area contributed by atoms with Crippen LogP contribution < -0.4 is 10.6 Å². The van der Waals surface area contributed by atoms with Crippen LogP contribution in [0.15, 0.2) is 0 Å². The molecule has 4 bridgehead atoms. The molecule has 160 valence electrons. The van der Waals surface area contributed by atoms with Crippen LogP contribution in [-0.4, -0.2) is 107 Å². The Hall–Kier alpha value is -1.38. The molecule has 3 fully saturated rings. The van der Waals surface area contributed by atoms with Gasteiger partial charge in [0.15, 0.2) is 12.6 Å². The van der Waals surface area contributed by atoms with Crippen molar-refractivity contribution in [1.82, 2.24) is 10.6 Å². The van der Waals surface area contributed by atoms with Gasteiger partial charge in [-0.05, 0) is 0 Å². The molecule has 0 unspecified atom stereocenters. The number of hydrogen-bond acceptors (Lipinski definition) is 10. The van der Waals surface area contributed by atoms with Crippen molar-refractivity contribution in [1.29, 1.82) is 0 Å². The molecule has 12 heteroatoms. The third kappa shape index (κ3) is 4.28. The fraction of sp³-hybridized carbons (Fsp3) is 0.875. The quantitative estimate of drug-likeness (QED) is 0.264. The molecular weight excluding hydrogens is 380 g/mol. The number of fused-ring (bicyclic) bond motifs is 4. The lowest BCUT2D eigenvalue weighted by Gasteiger charge is -2.47. The lowest BCUT2D eigenvalue weighted by Crippen LogP contribution is -2.68. The Bertz CT molecular complexity index is 542. The van der Waals surface area contributed by atoms with E-state index >= 15 is 0 Å². The molecule has 0 aromatic carbocycles. The number of aliphatic hydroxyl groups excluding tert-OH is 4. The SMILES string of the molecule is CC(=O)N[C@H]1[C@@H]2OC[C@H]3O[C@@H](OC[C@@H](O2)[C@@H](O)[C@@H]1O)[C@H](NC(C)=O)[C@@H](O)[C@@H]3O. The lowest BCUT2D eigenvalue weighted by molar-refractivity contribution is -0.332. The molecule has 6 N–H and O–H groups in total. The van der Waals surface area contributed by atoms with Gasteiger partial charge in [0.05, 0.1) is 13.2 Å². The van der Waals surface area contributed by atoms with Crippen LogP contribution in [-0.2, 0) is 28.5 Å². The molecule has 10 atom stereocenters. The fourth-order valence-corrected chi connectivity index (χ4v) is 3.58. The average molecular weight is 406 g/mol. The molecule has 3 aliphatic rings. The number of carbonyl (C=O) groups excluding carboxylic acids is 2. The third-order valence-electron chi connectivity index (χ3n) is 4.99. The summed E-state index contributed by atoms with van der Waals surface area (Å²) in [6.45, 7) is 1.96. The number of rotatable bonds is 2. The summed E-state index contributed by atoms with van der Waals surface area (Å²) in [7, 11) is 0. The number of nitrogens with one attached hydrogen (secondary N) is 2. The van der Waals surface area contributed by atoms with Gasteiger partial charge in [-0.15, -0.1) is 0 Å². The molecule has 3 saturated heterocycles. The van der Waals surface area contributed by atoms with Crippen molar-refractivity contribution in [2.45, 2.75) is 75.1 Å². The van der Waals surface area contributed by atoms with E-state index in [1.165, 1.54) is 13.8 Å². The topological polar surface area (TPSA) is 176 Å². The smallest absolute Gasteiger partial charge is 0.217 e. The van der Waals surface area contributed by atoms with Gasteiger partial charge in [-0.1, -0.05) is 0 Å². The van der Waals surface area contributed by atoms with Crippen LogP contribution in [0.4, 0.5) is 0 Å². The predicted octanol–water partition coefficient (Wildman–Crippen LogP) is -4.06. The van der Waals surface area contributed by atoms with Gasteiger partial charge >= 0.3 is 0 Å². The van der Waals surface area contributed by atoms with E-state index in [4.69, 9.17) is 18.9 Å². The van der Waals surface area contributed by atoms with Crippen LogP contribution in [0.25, 0.3) is 0 Å². The molecule has 0 spiro atoms. The Morgan fingerprint density at radius 1 is 0.714 bits per heavy atom. The van der Waals surface area contributed by atoms with Gasteiger partial charge in [-0.2, -0.15) is 0 Å². The number of aliphatic hydroxyl groups is 4. The van der Waals surface area contributed by atoms with Crippen molar-refractivity contribution in [2.75, 3.05) is 13.2 Å². The summed E-state index contributed by atoms with van der Waals surface area (Å²) in [4.78, 5) is 22.8. The number of amides is 2. The van der Waals surface area contributed by atoms with Crippen LogP contribution in [0.3, 0.4) is 0 Å². The predicted molar refractivity (Wildman–Crippen MR) is 88.5 cm³/mol. The molecule has 3 aliphatic heterocycles. The van der Waals surface area contributed by atoms with E-state index in [0.717, 1.165) is 0 Å². The van der Waals surface area contributed by atoms with Gasteiger partial charge in [0.2, 0.25) is 11.8 Å². The maximum atomic E-state index is 11.4. The van der Waals surface area contributed by atoms with Crippen molar-refractivity contribution >= 4 is 11.8 Å². The molecule has 0 aromatic rings. The lowest BCUT2D eigenvalue weighted by atomic mass is 9.95. The first-order chi connectivity index (χ1) is 13.2. The summed E-state index contributed by atoms with van der Waals surface area (Å²) in [6, 6.07) is -2.12. The van der Waals surface area contributed by atoms with Gasteiger partial charge < -0.3 is 50.0 Å². The highest BCUT2D eigenvalue weighted by Gasteiger charge is 2.50. The second kappa shape index (κ2) is 8.55. The van der Waals surface area contributed by atoms with E-state index in [0.29, 0.717) is 0 Å². The molecule has 0 aromatic heterocycles. The summed E-state index contributed by atoms with van der Waals surface area (Å²) < 4.78 is 22.5. The van der Waals surface area contributed by atoms with E-state index in [1.54, 1.807) is 0 Å². The van der Waals surface area contributed by atoms with E-state index < -0.39 is 73.1 Å². The molecule has 0 saturated carbocycles. The van der Waals surface area contributed by atoms with Gasteiger partial charge in [0, 0.05) is 13.8 Å². The summed E-state index contributed by atoms with van der Waals surface area (Å²) in [5, 5.41) is 46.3. The minimum atomic E-state index is -1.40. The number of ether oxygens (including phenoxy) is 4. The normalized spacial score (nSPS) is 46.4. The summed E-state index contributed by atoms with van der Waals surface area (Å²) >= 11 is 0. The Morgan fingerprint density at radius 3 is 1.39 bits per heavy atom. The Morgan fingerprint density at radius 2 is 1.07 bits per heavy atom. The standard InChI is InChI=1S/C16H26N2O10/c1-5(19)17-9-13(23)11(21)7-4-26-16-10(18-6(2)20)14(24)12(22)8(28-16)3-25-15(9)27-7/h7-16,21-24H,3-4H2,1-2H3,(H,17,19)(H,18,20)/t7-,8-,9-,10-,11-,12-,13-,14-,15-,16-/m1/s1. The van der Waals surface area contributed by atoms with Crippen molar-refractivity contribution in [3.8, 4) is 0 Å². The molecular formula is C16H26N2O10. The van der Waals surface area contributed by atoms with Crippen LogP contribution in [0.1, 0.15) is 13.8 Å². The van der Waals surface area contributed by atoms with Gasteiger partial charge in [-0.3, -0.25) is 9.59 Å². The monoisotopic (exact) mass is 406 g/mol. The summed E-state index contributed by atoms with van der Waals surface area (Å²) in [6.07, 6.45) is -9.91. The number of carbonyl (C=O) groups is 2. The van der Waals surface area contributed by atoms with Crippen molar-refractivity contribution < 1.29 is 49.0 Å². The first-order valence-corrected chi connectivity index (χ1v) is 8.99. The van der Waals surface area contributed by atoms with Crippen molar-refractivity contribution in [3.63, 3.8) is 0 Å². The Balaban J connectivity index is 1.82. The van der Waals surface area contributed by atoms with Crippen LogP contribution >= 0.6 is 0 Å². The first-order valence-electron chi connectivity index (χ1n) is 8.99. The molecule has 28 heavy (non-hydrogen) atoms. The van der Waals surface area contributed by atoms with E-state index in [-0.39, 0.29) is 13.2 Å². The molecule has 3 rings (SSSR count). The molecule has 2 amide bonds. The molecule has 12 nitrogen and oxygen atoms in total. The van der Waals surface area contributed by atoms with Gasteiger partial charge in [0.1, 0.15) is 48.7 Å². The maximum absolute atomic E-state index is 11.4. The van der Waals surface area contributed by atoms with Crippen LogP contribution in [0.5, 0.6) is 0 Å². The number of hydrogen-bond donors (Lipinski definition) is 6. The van der Waals surface area contributed by atoms with E-state index in [2.05, 4.69) is 10.6 Å². The third-order valence-corrected chi connectivity index (χ3v) is 4.99. The minimum Gasteiger partial charge on any atom is -0.388 e. The maximum Gasteiger partial charge on any atom is 0.217 e. The van der Waals surface area contributed by atoms with Gasteiger partial charge in [-0.25, -0.2) is 0 Å². The van der Waals surface area contributed by atoms with E-state index in [1.807, 2.05) is 0 Å². The highest BCUT2D eigenvalue weighted by atomic mass is 16.7. The second-order valence-electron chi connectivity index (χ2n) is 7.17. The summed E-state index contributed by atoms with van der Waals surface area (Å²) in [5.41, 5.74) is 0. The Labute approximate surface area is 160 Å². The van der Waals surface area contributed by atoms with Crippen molar-refractivity contribution in [3.05, 3.63) is 0 Å². The summed E-state index contributed by atoms with van der Waals surface area (Å²) in [5.74, 6) is -0.921. The molecule has 0 radical (unpaired) electrons. The first kappa shape index (κ1) is 21.3.